The van der Waals surface area contributed by atoms with E-state index >= 15 is 0 Å². The lowest BCUT2D eigenvalue weighted by Crippen LogP contribution is -2.18. The van der Waals surface area contributed by atoms with Gasteiger partial charge in [-0.25, -0.2) is 0 Å². The number of ether oxygens (including phenoxy) is 1. The topological polar surface area (TPSA) is 63.6 Å². The van der Waals surface area contributed by atoms with Crippen molar-refractivity contribution in [2.24, 2.45) is 11.8 Å². The van der Waals surface area contributed by atoms with E-state index in [1.54, 1.807) is 0 Å². The summed E-state index contributed by atoms with van der Waals surface area (Å²) in [7, 11) is 0. The van der Waals surface area contributed by atoms with Crippen LogP contribution in [-0.2, 0) is 9.59 Å². The van der Waals surface area contributed by atoms with Crippen LogP contribution in [0.25, 0.3) is 0 Å². The van der Waals surface area contributed by atoms with Crippen LogP contribution >= 0.6 is 0 Å². The smallest absolute Gasteiger partial charge is 0.170 e. The third-order valence-electron chi connectivity index (χ3n) is 5.35. The SMILES string of the molecule is O=C(CC[C@H]1CCC(=O)[C@@H]1CCCCCCCO)COc1ccccc1. The highest BCUT2D eigenvalue weighted by Crippen LogP contribution is 2.35. The number of carbonyl (C=O) groups is 2. The van der Waals surface area contributed by atoms with E-state index in [2.05, 4.69) is 0 Å². The first-order valence-electron chi connectivity index (χ1n) is 10.0. The summed E-state index contributed by atoms with van der Waals surface area (Å²) in [6.45, 7) is 0.380. The fourth-order valence-electron chi connectivity index (χ4n) is 3.82. The molecule has 0 spiro atoms. The third kappa shape index (κ3) is 7.28. The van der Waals surface area contributed by atoms with E-state index in [-0.39, 0.29) is 24.9 Å². The molecule has 0 bridgehead atoms. The summed E-state index contributed by atoms with van der Waals surface area (Å²) >= 11 is 0. The van der Waals surface area contributed by atoms with E-state index in [9.17, 15) is 9.59 Å². The highest BCUT2D eigenvalue weighted by molar-refractivity contribution is 5.84. The van der Waals surface area contributed by atoms with Gasteiger partial charge in [0.2, 0.25) is 0 Å². The maximum atomic E-state index is 12.2. The molecule has 2 rings (SSSR count). The molecule has 0 heterocycles. The van der Waals surface area contributed by atoms with Crippen molar-refractivity contribution in [2.75, 3.05) is 13.2 Å². The highest BCUT2D eigenvalue weighted by atomic mass is 16.5. The molecule has 1 aromatic rings. The van der Waals surface area contributed by atoms with Crippen LogP contribution in [0, 0.1) is 11.8 Å². The predicted molar refractivity (Wildman–Crippen MR) is 102 cm³/mol. The number of para-hydroxylation sites is 1. The fraction of sp³-hybridized carbons (Fsp3) is 0.636. The summed E-state index contributed by atoms with van der Waals surface area (Å²) in [5.74, 6) is 1.72. The highest BCUT2D eigenvalue weighted by Gasteiger charge is 2.33. The second kappa shape index (κ2) is 11.8. The van der Waals surface area contributed by atoms with Crippen LogP contribution in [0.2, 0.25) is 0 Å². The van der Waals surface area contributed by atoms with E-state index in [4.69, 9.17) is 9.84 Å². The Balaban J connectivity index is 1.64. The Morgan fingerprint density at radius 2 is 1.77 bits per heavy atom. The van der Waals surface area contributed by atoms with Gasteiger partial charge in [-0.05, 0) is 43.7 Å². The van der Waals surface area contributed by atoms with E-state index in [1.807, 2.05) is 30.3 Å². The lowest BCUT2D eigenvalue weighted by atomic mass is 9.86. The number of carbonyl (C=O) groups excluding carboxylic acids is 2. The van der Waals surface area contributed by atoms with E-state index in [0.717, 1.165) is 57.1 Å². The van der Waals surface area contributed by atoms with E-state index in [1.165, 1.54) is 0 Å². The Morgan fingerprint density at radius 1 is 1.04 bits per heavy atom. The van der Waals surface area contributed by atoms with Gasteiger partial charge in [0.1, 0.15) is 18.1 Å². The van der Waals surface area contributed by atoms with Crippen LogP contribution in [0.5, 0.6) is 5.75 Å². The third-order valence-corrected chi connectivity index (χ3v) is 5.35. The van der Waals surface area contributed by atoms with Crippen molar-refractivity contribution >= 4 is 11.6 Å². The van der Waals surface area contributed by atoms with Crippen LogP contribution in [0.3, 0.4) is 0 Å². The standard InChI is InChI=1S/C22H32O4/c23-16-8-3-1-2-7-11-21-18(13-15-22(21)25)12-14-19(24)17-26-20-9-5-4-6-10-20/h4-6,9-10,18,21,23H,1-3,7-8,11-17H2/t18-,21+/m0/s1. The predicted octanol–water partition coefficient (Wildman–Crippen LogP) is 4.34. The van der Waals surface area contributed by atoms with E-state index < -0.39 is 0 Å². The van der Waals surface area contributed by atoms with Crippen LogP contribution < -0.4 is 4.74 Å². The summed E-state index contributed by atoms with van der Waals surface area (Å²) in [5, 5.41) is 8.79. The first-order valence-corrected chi connectivity index (χ1v) is 10.0. The average Bonchev–Trinajstić information content (AvgIpc) is 3.02. The maximum Gasteiger partial charge on any atom is 0.170 e. The van der Waals surface area contributed by atoms with Gasteiger partial charge in [-0.3, -0.25) is 9.59 Å². The van der Waals surface area contributed by atoms with Crippen LogP contribution in [0.15, 0.2) is 30.3 Å². The molecule has 0 amide bonds. The minimum Gasteiger partial charge on any atom is -0.486 e. The van der Waals surface area contributed by atoms with Crippen molar-refractivity contribution in [3.8, 4) is 5.75 Å². The van der Waals surface area contributed by atoms with Gasteiger partial charge in [-0.15, -0.1) is 0 Å². The number of aliphatic hydroxyl groups excluding tert-OH is 1. The average molecular weight is 360 g/mol. The minimum absolute atomic E-state index is 0.107. The normalized spacial score (nSPS) is 19.7. The number of Topliss-reactive ketones (excluding diaryl/α,β-unsaturated/α-hetero) is 2. The molecule has 1 aliphatic carbocycles. The zero-order valence-electron chi connectivity index (χ0n) is 15.7. The molecular formula is C22H32O4. The van der Waals surface area contributed by atoms with Crippen LogP contribution in [0.1, 0.15) is 64.2 Å². The quantitative estimate of drug-likeness (QED) is 0.531. The Kier molecular flexibility index (Phi) is 9.40. The molecule has 0 radical (unpaired) electrons. The van der Waals surface area contributed by atoms with Crippen molar-refractivity contribution in [1.82, 2.24) is 0 Å². The maximum absolute atomic E-state index is 12.2. The largest absolute Gasteiger partial charge is 0.486 e. The summed E-state index contributed by atoms with van der Waals surface area (Å²) < 4.78 is 5.51. The van der Waals surface area contributed by atoms with E-state index in [0.29, 0.717) is 24.5 Å². The number of hydrogen-bond acceptors (Lipinski definition) is 4. The zero-order chi connectivity index (χ0) is 18.6. The Morgan fingerprint density at radius 3 is 2.54 bits per heavy atom. The summed E-state index contributed by atoms with van der Waals surface area (Å²) in [6.07, 6.45) is 9.13. The van der Waals surface area contributed by atoms with Crippen LogP contribution in [-0.4, -0.2) is 29.9 Å². The number of rotatable bonds is 13. The summed E-state index contributed by atoms with van der Waals surface area (Å²) in [5.41, 5.74) is 0. The van der Waals surface area contributed by atoms with Crippen molar-refractivity contribution < 1.29 is 19.4 Å². The molecule has 4 heteroatoms. The lowest BCUT2D eigenvalue weighted by molar-refractivity contribution is -0.123. The number of benzene rings is 1. The molecule has 0 aliphatic heterocycles. The fourth-order valence-corrected chi connectivity index (χ4v) is 3.82. The Bertz CT molecular complexity index is 540. The van der Waals surface area contributed by atoms with Gasteiger partial charge < -0.3 is 9.84 Å². The van der Waals surface area contributed by atoms with Gasteiger partial charge in [0.25, 0.3) is 0 Å². The Labute approximate surface area is 156 Å². The number of hydrogen-bond donors (Lipinski definition) is 1. The first kappa shape index (κ1) is 20.6. The number of unbranched alkanes of at least 4 members (excludes halogenated alkanes) is 4. The van der Waals surface area contributed by atoms with Gasteiger partial charge in [0.05, 0.1) is 0 Å². The molecule has 26 heavy (non-hydrogen) atoms. The van der Waals surface area contributed by atoms with Crippen molar-refractivity contribution in [3.05, 3.63) is 30.3 Å². The van der Waals surface area contributed by atoms with Crippen molar-refractivity contribution in [1.29, 1.82) is 0 Å². The molecule has 1 N–H and O–H groups in total. The van der Waals surface area contributed by atoms with Crippen molar-refractivity contribution in [2.45, 2.75) is 64.2 Å². The molecule has 0 aromatic heterocycles. The Hall–Kier alpha value is -1.68. The molecular weight excluding hydrogens is 328 g/mol. The van der Waals surface area contributed by atoms with Gasteiger partial charge in [-0.1, -0.05) is 43.9 Å². The molecule has 1 fully saturated rings. The number of ketones is 2. The monoisotopic (exact) mass is 360 g/mol. The van der Waals surface area contributed by atoms with Gasteiger partial charge >= 0.3 is 0 Å². The van der Waals surface area contributed by atoms with Crippen molar-refractivity contribution in [3.63, 3.8) is 0 Å². The minimum atomic E-state index is 0.107. The second-order valence-corrected chi connectivity index (χ2v) is 7.33. The lowest BCUT2D eigenvalue weighted by Gasteiger charge is -2.18. The van der Waals surface area contributed by atoms with Gasteiger partial charge in [0.15, 0.2) is 5.78 Å². The molecule has 1 saturated carbocycles. The van der Waals surface area contributed by atoms with Gasteiger partial charge in [0, 0.05) is 25.4 Å². The van der Waals surface area contributed by atoms with Gasteiger partial charge in [-0.2, -0.15) is 0 Å². The molecule has 2 atom stereocenters. The molecule has 1 aliphatic rings. The summed E-state index contributed by atoms with van der Waals surface area (Å²) in [4.78, 5) is 24.3. The van der Waals surface area contributed by atoms with Crippen LogP contribution in [0.4, 0.5) is 0 Å². The molecule has 144 valence electrons. The zero-order valence-corrected chi connectivity index (χ0v) is 15.7. The number of aliphatic hydroxyl groups is 1. The first-order chi connectivity index (χ1) is 12.7. The molecule has 1 aromatic carbocycles. The molecule has 0 saturated heterocycles. The summed E-state index contributed by atoms with van der Waals surface area (Å²) in [6, 6.07) is 9.38. The molecule has 4 nitrogen and oxygen atoms in total. The second-order valence-electron chi connectivity index (χ2n) is 7.33. The molecule has 0 unspecified atom stereocenters.